The number of fused-ring (bicyclic) bond motifs is 1. The minimum Gasteiger partial charge on any atom is -0.391 e. The van der Waals surface area contributed by atoms with E-state index < -0.39 is 0 Å². The van der Waals surface area contributed by atoms with E-state index in [2.05, 4.69) is 40.1 Å². The smallest absolute Gasteiger partial charge is 0.226 e. The number of thiophene rings is 1. The van der Waals surface area contributed by atoms with Gasteiger partial charge in [-0.25, -0.2) is 4.98 Å². The summed E-state index contributed by atoms with van der Waals surface area (Å²) >= 11 is 1.69. The summed E-state index contributed by atoms with van der Waals surface area (Å²) in [6.07, 6.45) is 1.61. The first kappa shape index (κ1) is 13.6. The van der Waals surface area contributed by atoms with Gasteiger partial charge in [0.1, 0.15) is 10.6 Å². The molecule has 0 spiro atoms. The minimum atomic E-state index is -0.244. The van der Waals surface area contributed by atoms with E-state index in [0.29, 0.717) is 12.5 Å². The summed E-state index contributed by atoms with van der Waals surface area (Å²) in [5.74, 6) is 1.65. The number of aromatic nitrogens is 2. The zero-order chi connectivity index (χ0) is 14.1. The largest absolute Gasteiger partial charge is 0.391 e. The van der Waals surface area contributed by atoms with Crippen molar-refractivity contribution in [3.63, 3.8) is 0 Å². The molecule has 1 saturated heterocycles. The van der Waals surface area contributed by atoms with Gasteiger partial charge in [0.15, 0.2) is 0 Å². The predicted octanol–water partition coefficient (Wildman–Crippen LogP) is 2.39. The Balaban J connectivity index is 2.02. The normalized spacial score (nSPS) is 18.9. The van der Waals surface area contributed by atoms with Gasteiger partial charge >= 0.3 is 0 Å². The third-order valence-electron chi connectivity index (χ3n) is 3.49. The molecule has 0 amide bonds. The molecule has 2 aromatic rings. The van der Waals surface area contributed by atoms with Gasteiger partial charge in [-0.05, 0) is 25.8 Å². The van der Waals surface area contributed by atoms with Crippen molar-refractivity contribution < 1.29 is 5.11 Å². The van der Waals surface area contributed by atoms with Crippen molar-refractivity contribution in [2.24, 2.45) is 0 Å². The third-order valence-corrected chi connectivity index (χ3v) is 4.44. The van der Waals surface area contributed by atoms with Crippen molar-refractivity contribution in [1.82, 2.24) is 9.97 Å². The van der Waals surface area contributed by atoms with Crippen LogP contribution in [-0.2, 0) is 0 Å². The fourth-order valence-corrected chi connectivity index (χ4v) is 3.39. The molecule has 0 saturated carbocycles. The van der Waals surface area contributed by atoms with Gasteiger partial charge < -0.3 is 15.3 Å². The van der Waals surface area contributed by atoms with E-state index in [1.54, 1.807) is 11.3 Å². The van der Waals surface area contributed by atoms with E-state index in [4.69, 9.17) is 0 Å². The Hall–Kier alpha value is -1.40. The summed E-state index contributed by atoms with van der Waals surface area (Å²) < 4.78 is 0. The van der Waals surface area contributed by atoms with Gasteiger partial charge in [0.25, 0.3) is 0 Å². The lowest BCUT2D eigenvalue weighted by Crippen LogP contribution is -2.23. The van der Waals surface area contributed by atoms with Gasteiger partial charge in [0.2, 0.25) is 5.95 Å². The molecule has 1 aliphatic rings. The number of anilines is 2. The van der Waals surface area contributed by atoms with Crippen LogP contribution in [0.4, 0.5) is 11.8 Å². The number of hydrogen-bond acceptors (Lipinski definition) is 6. The van der Waals surface area contributed by atoms with Crippen LogP contribution in [0.2, 0.25) is 0 Å². The maximum Gasteiger partial charge on any atom is 0.226 e. The van der Waals surface area contributed by atoms with E-state index in [0.717, 1.165) is 42.0 Å². The van der Waals surface area contributed by atoms with Crippen molar-refractivity contribution >= 4 is 33.3 Å². The maximum absolute atomic E-state index is 9.75. The van der Waals surface area contributed by atoms with Crippen LogP contribution in [-0.4, -0.2) is 40.8 Å². The lowest BCUT2D eigenvalue weighted by Gasteiger charge is -2.18. The first-order chi connectivity index (χ1) is 9.67. The van der Waals surface area contributed by atoms with Gasteiger partial charge in [-0.3, -0.25) is 0 Å². The standard InChI is InChI=1S/C14H20N4OS/c1-3-5-15-14-16-12(18-6-4-10(19)8-18)11-7-9(2)20-13(11)17-14/h7,10,19H,3-6,8H2,1-2H3,(H,15,16,17). The number of nitrogens with zero attached hydrogens (tertiary/aromatic N) is 3. The fourth-order valence-electron chi connectivity index (χ4n) is 2.52. The van der Waals surface area contributed by atoms with Crippen LogP contribution in [0.3, 0.4) is 0 Å². The lowest BCUT2D eigenvalue weighted by molar-refractivity contribution is 0.198. The number of rotatable bonds is 4. The van der Waals surface area contributed by atoms with Crippen molar-refractivity contribution in [1.29, 1.82) is 0 Å². The summed E-state index contributed by atoms with van der Waals surface area (Å²) in [6.45, 7) is 6.61. The van der Waals surface area contributed by atoms with Crippen LogP contribution in [0.1, 0.15) is 24.6 Å². The third kappa shape index (κ3) is 2.58. The van der Waals surface area contributed by atoms with Gasteiger partial charge in [-0.15, -0.1) is 11.3 Å². The van der Waals surface area contributed by atoms with Gasteiger partial charge in [0.05, 0.1) is 11.5 Å². The molecule has 1 fully saturated rings. The second-order valence-electron chi connectivity index (χ2n) is 5.26. The quantitative estimate of drug-likeness (QED) is 0.906. The highest BCUT2D eigenvalue weighted by Crippen LogP contribution is 2.33. The highest BCUT2D eigenvalue weighted by Gasteiger charge is 2.24. The van der Waals surface area contributed by atoms with Gasteiger partial charge in [-0.2, -0.15) is 4.98 Å². The molecule has 5 nitrogen and oxygen atoms in total. The maximum atomic E-state index is 9.75. The molecular formula is C14H20N4OS. The SMILES string of the molecule is CCCNc1nc(N2CCC(O)C2)c2cc(C)sc2n1. The van der Waals surface area contributed by atoms with Crippen LogP contribution >= 0.6 is 11.3 Å². The zero-order valence-electron chi connectivity index (χ0n) is 11.9. The summed E-state index contributed by atoms with van der Waals surface area (Å²) in [5, 5.41) is 14.1. The molecule has 0 aromatic carbocycles. The van der Waals surface area contributed by atoms with Crippen LogP contribution in [0.25, 0.3) is 10.2 Å². The number of aliphatic hydroxyl groups is 1. The Morgan fingerprint density at radius 1 is 1.50 bits per heavy atom. The summed E-state index contributed by atoms with van der Waals surface area (Å²) in [5.41, 5.74) is 0. The van der Waals surface area contributed by atoms with Crippen LogP contribution in [0.5, 0.6) is 0 Å². The molecule has 3 rings (SSSR count). The van der Waals surface area contributed by atoms with Crippen LogP contribution in [0.15, 0.2) is 6.07 Å². The van der Waals surface area contributed by atoms with E-state index >= 15 is 0 Å². The summed E-state index contributed by atoms with van der Waals surface area (Å²) in [6, 6.07) is 2.14. The number of aryl methyl sites for hydroxylation is 1. The molecule has 108 valence electrons. The number of nitrogens with one attached hydrogen (secondary N) is 1. The Morgan fingerprint density at radius 3 is 3.05 bits per heavy atom. The zero-order valence-corrected chi connectivity index (χ0v) is 12.7. The van der Waals surface area contributed by atoms with Gasteiger partial charge in [0, 0.05) is 24.5 Å². The molecule has 20 heavy (non-hydrogen) atoms. The van der Waals surface area contributed by atoms with E-state index in [1.165, 1.54) is 4.88 Å². The van der Waals surface area contributed by atoms with Crippen molar-refractivity contribution in [2.75, 3.05) is 29.9 Å². The molecule has 1 aliphatic heterocycles. The summed E-state index contributed by atoms with van der Waals surface area (Å²) in [4.78, 5) is 13.7. The molecule has 3 heterocycles. The summed E-state index contributed by atoms with van der Waals surface area (Å²) in [7, 11) is 0. The molecule has 0 bridgehead atoms. The van der Waals surface area contributed by atoms with E-state index in [-0.39, 0.29) is 6.10 Å². The number of aliphatic hydroxyl groups excluding tert-OH is 1. The Kier molecular flexibility index (Phi) is 3.76. The molecule has 2 N–H and O–H groups in total. The average molecular weight is 292 g/mol. The van der Waals surface area contributed by atoms with E-state index in [1.807, 2.05) is 0 Å². The fraction of sp³-hybridized carbons (Fsp3) is 0.571. The lowest BCUT2D eigenvalue weighted by atomic mass is 10.3. The predicted molar refractivity (Wildman–Crippen MR) is 83.8 cm³/mol. The monoisotopic (exact) mass is 292 g/mol. The molecular weight excluding hydrogens is 272 g/mol. The molecule has 0 radical (unpaired) electrons. The Labute approximate surface area is 122 Å². The number of β-amino-alcohol motifs (C(OH)–C–C–N with tert-alkyl or cyclic N) is 1. The number of hydrogen-bond donors (Lipinski definition) is 2. The second-order valence-corrected chi connectivity index (χ2v) is 6.50. The second kappa shape index (κ2) is 5.54. The van der Waals surface area contributed by atoms with Crippen molar-refractivity contribution in [3.05, 3.63) is 10.9 Å². The highest BCUT2D eigenvalue weighted by atomic mass is 32.1. The van der Waals surface area contributed by atoms with Crippen LogP contribution in [0, 0.1) is 6.92 Å². The molecule has 0 aliphatic carbocycles. The molecule has 2 aromatic heterocycles. The van der Waals surface area contributed by atoms with Crippen molar-refractivity contribution in [2.45, 2.75) is 32.8 Å². The Morgan fingerprint density at radius 2 is 2.35 bits per heavy atom. The molecule has 1 unspecified atom stereocenters. The minimum absolute atomic E-state index is 0.244. The first-order valence-corrected chi connectivity index (χ1v) is 7.94. The van der Waals surface area contributed by atoms with Crippen LogP contribution < -0.4 is 10.2 Å². The molecule has 1 atom stereocenters. The first-order valence-electron chi connectivity index (χ1n) is 7.12. The molecule has 6 heteroatoms. The highest BCUT2D eigenvalue weighted by molar-refractivity contribution is 7.18. The topological polar surface area (TPSA) is 61.3 Å². The van der Waals surface area contributed by atoms with Gasteiger partial charge in [-0.1, -0.05) is 6.92 Å². The Bertz CT molecular complexity index is 612. The van der Waals surface area contributed by atoms with Crippen molar-refractivity contribution in [3.8, 4) is 0 Å². The average Bonchev–Trinajstić information content (AvgIpc) is 3.00. The van der Waals surface area contributed by atoms with E-state index in [9.17, 15) is 5.11 Å².